The van der Waals surface area contributed by atoms with E-state index in [0.29, 0.717) is 18.2 Å². The van der Waals surface area contributed by atoms with Gasteiger partial charge in [0, 0.05) is 24.3 Å². The van der Waals surface area contributed by atoms with Gasteiger partial charge in [0.05, 0.1) is 13.2 Å². The lowest BCUT2D eigenvalue weighted by atomic mass is 10.0. The molecule has 1 aromatic rings. The molecule has 1 aliphatic heterocycles. The molecule has 1 aromatic carbocycles. The first-order valence-electron chi connectivity index (χ1n) is 7.71. The average molecular weight is 275 g/mol. The summed E-state index contributed by atoms with van der Waals surface area (Å²) in [6.45, 7) is 5.21. The van der Waals surface area contributed by atoms with Gasteiger partial charge < -0.3 is 14.8 Å². The summed E-state index contributed by atoms with van der Waals surface area (Å²) in [6.07, 6.45) is 4.23. The summed E-state index contributed by atoms with van der Waals surface area (Å²) in [4.78, 5) is 0. The summed E-state index contributed by atoms with van der Waals surface area (Å²) in [5, 5.41) is 3.76. The highest BCUT2D eigenvalue weighted by Crippen LogP contribution is 2.39. The topological polar surface area (TPSA) is 30.5 Å². The lowest BCUT2D eigenvalue weighted by Crippen LogP contribution is -2.39. The molecule has 0 spiro atoms. The lowest BCUT2D eigenvalue weighted by molar-refractivity contribution is 0.0792. The molecule has 20 heavy (non-hydrogen) atoms. The van der Waals surface area contributed by atoms with E-state index in [1.165, 1.54) is 24.0 Å². The van der Waals surface area contributed by atoms with Crippen molar-refractivity contribution in [3.63, 3.8) is 0 Å². The fourth-order valence-corrected chi connectivity index (χ4v) is 3.27. The second-order valence-electron chi connectivity index (χ2n) is 6.20. The predicted molar refractivity (Wildman–Crippen MR) is 80.2 cm³/mol. The first-order chi connectivity index (χ1) is 9.69. The summed E-state index contributed by atoms with van der Waals surface area (Å²) in [6, 6.07) is 7.21. The molecule has 0 amide bonds. The third-order valence-corrected chi connectivity index (χ3v) is 4.54. The molecule has 0 bridgehead atoms. The summed E-state index contributed by atoms with van der Waals surface area (Å²) in [5.74, 6) is 1.77. The molecule has 2 aliphatic rings. The van der Waals surface area contributed by atoms with Crippen LogP contribution in [0.25, 0.3) is 0 Å². The van der Waals surface area contributed by atoms with Crippen molar-refractivity contribution in [1.29, 1.82) is 0 Å². The van der Waals surface area contributed by atoms with Crippen molar-refractivity contribution in [2.24, 2.45) is 5.92 Å². The van der Waals surface area contributed by atoms with E-state index < -0.39 is 0 Å². The Kier molecular flexibility index (Phi) is 3.99. The normalized spacial score (nSPS) is 27.6. The minimum atomic E-state index is 0.290. The van der Waals surface area contributed by atoms with Gasteiger partial charge in [-0.1, -0.05) is 12.1 Å². The smallest absolute Gasteiger partial charge is 0.123 e. The molecule has 0 radical (unpaired) electrons. The summed E-state index contributed by atoms with van der Waals surface area (Å²) >= 11 is 0. The first-order valence-corrected chi connectivity index (χ1v) is 7.71. The Morgan fingerprint density at radius 1 is 1.30 bits per heavy atom. The Bertz CT molecular complexity index is 470. The number of benzene rings is 1. The van der Waals surface area contributed by atoms with Crippen LogP contribution in [-0.4, -0.2) is 25.9 Å². The second kappa shape index (κ2) is 5.74. The largest absolute Gasteiger partial charge is 0.496 e. The van der Waals surface area contributed by atoms with Gasteiger partial charge in [0.25, 0.3) is 0 Å². The van der Waals surface area contributed by atoms with Crippen molar-refractivity contribution in [1.82, 2.24) is 5.32 Å². The van der Waals surface area contributed by atoms with Crippen molar-refractivity contribution in [3.8, 4) is 5.75 Å². The average Bonchev–Trinajstić information content (AvgIpc) is 3.19. The predicted octanol–water partition coefficient (Wildman–Crippen LogP) is 3.22. The SMILES string of the molecule is COc1cc(C)ccc1C(C)NC1CCOC1C1CC1. The van der Waals surface area contributed by atoms with Crippen molar-refractivity contribution >= 4 is 0 Å². The molecule has 1 heterocycles. The number of aryl methyl sites for hydroxylation is 1. The van der Waals surface area contributed by atoms with Gasteiger partial charge in [-0.3, -0.25) is 0 Å². The molecule has 0 aromatic heterocycles. The maximum Gasteiger partial charge on any atom is 0.123 e. The van der Waals surface area contributed by atoms with Crippen LogP contribution in [0.4, 0.5) is 0 Å². The number of hydrogen-bond donors (Lipinski definition) is 1. The number of rotatable bonds is 5. The van der Waals surface area contributed by atoms with E-state index in [-0.39, 0.29) is 0 Å². The van der Waals surface area contributed by atoms with Gasteiger partial charge in [0.15, 0.2) is 0 Å². The van der Waals surface area contributed by atoms with Crippen LogP contribution in [0, 0.1) is 12.8 Å². The fourth-order valence-electron chi connectivity index (χ4n) is 3.27. The van der Waals surface area contributed by atoms with E-state index in [0.717, 1.165) is 24.7 Å². The molecular formula is C17H25NO2. The molecule has 1 saturated carbocycles. The highest BCUT2D eigenvalue weighted by Gasteiger charge is 2.41. The van der Waals surface area contributed by atoms with E-state index in [2.05, 4.69) is 37.4 Å². The van der Waals surface area contributed by atoms with Gasteiger partial charge in [-0.05, 0) is 50.7 Å². The van der Waals surface area contributed by atoms with E-state index in [1.54, 1.807) is 7.11 Å². The van der Waals surface area contributed by atoms with Gasteiger partial charge in [0.2, 0.25) is 0 Å². The maximum absolute atomic E-state index is 5.91. The standard InChI is InChI=1S/C17H25NO2/c1-11-4-7-14(16(10-11)19-3)12(2)18-15-8-9-20-17(15)13-5-6-13/h4,7,10,12-13,15,17-18H,5-6,8-9H2,1-3H3. The molecule has 3 nitrogen and oxygen atoms in total. The highest BCUT2D eigenvalue weighted by molar-refractivity contribution is 5.39. The molecule has 3 atom stereocenters. The molecule has 1 N–H and O–H groups in total. The van der Waals surface area contributed by atoms with Gasteiger partial charge in [-0.15, -0.1) is 0 Å². The van der Waals surface area contributed by atoms with Crippen LogP contribution in [0.15, 0.2) is 18.2 Å². The minimum absolute atomic E-state index is 0.290. The molecule has 110 valence electrons. The van der Waals surface area contributed by atoms with Crippen LogP contribution in [0.3, 0.4) is 0 Å². The number of nitrogens with one attached hydrogen (secondary N) is 1. The molecule has 3 heteroatoms. The molecule has 3 unspecified atom stereocenters. The first kappa shape index (κ1) is 13.9. The Hall–Kier alpha value is -1.06. The van der Waals surface area contributed by atoms with E-state index in [1.807, 2.05) is 0 Å². The van der Waals surface area contributed by atoms with Crippen LogP contribution in [0.1, 0.15) is 43.4 Å². The van der Waals surface area contributed by atoms with Crippen LogP contribution >= 0.6 is 0 Å². The minimum Gasteiger partial charge on any atom is -0.496 e. The molecule has 1 aliphatic carbocycles. The lowest BCUT2D eigenvalue weighted by Gasteiger charge is -2.25. The van der Waals surface area contributed by atoms with E-state index in [4.69, 9.17) is 9.47 Å². The quantitative estimate of drug-likeness (QED) is 0.895. The Morgan fingerprint density at radius 3 is 2.80 bits per heavy atom. The van der Waals surface area contributed by atoms with Gasteiger partial charge in [0.1, 0.15) is 5.75 Å². The fraction of sp³-hybridized carbons (Fsp3) is 0.647. The summed E-state index contributed by atoms with van der Waals surface area (Å²) < 4.78 is 11.4. The zero-order valence-electron chi connectivity index (χ0n) is 12.7. The van der Waals surface area contributed by atoms with Gasteiger partial charge >= 0.3 is 0 Å². The Morgan fingerprint density at radius 2 is 2.10 bits per heavy atom. The summed E-state index contributed by atoms with van der Waals surface area (Å²) in [5.41, 5.74) is 2.47. The second-order valence-corrected chi connectivity index (χ2v) is 6.20. The molecule has 3 rings (SSSR count). The van der Waals surface area contributed by atoms with Crippen LogP contribution in [0.2, 0.25) is 0 Å². The monoisotopic (exact) mass is 275 g/mol. The van der Waals surface area contributed by atoms with E-state index in [9.17, 15) is 0 Å². The van der Waals surface area contributed by atoms with Crippen molar-refractivity contribution in [2.45, 2.75) is 51.3 Å². The zero-order chi connectivity index (χ0) is 14.1. The van der Waals surface area contributed by atoms with Crippen LogP contribution < -0.4 is 10.1 Å². The van der Waals surface area contributed by atoms with Crippen LogP contribution in [-0.2, 0) is 4.74 Å². The number of methoxy groups -OCH3 is 1. The van der Waals surface area contributed by atoms with E-state index >= 15 is 0 Å². The highest BCUT2D eigenvalue weighted by atomic mass is 16.5. The van der Waals surface area contributed by atoms with Gasteiger partial charge in [-0.25, -0.2) is 0 Å². The van der Waals surface area contributed by atoms with Crippen molar-refractivity contribution in [2.75, 3.05) is 13.7 Å². The Balaban J connectivity index is 1.70. The van der Waals surface area contributed by atoms with Crippen LogP contribution in [0.5, 0.6) is 5.75 Å². The third-order valence-electron chi connectivity index (χ3n) is 4.54. The summed E-state index contributed by atoms with van der Waals surface area (Å²) in [7, 11) is 1.75. The third kappa shape index (κ3) is 2.84. The number of hydrogen-bond acceptors (Lipinski definition) is 3. The Labute approximate surface area is 121 Å². The van der Waals surface area contributed by atoms with Crippen molar-refractivity contribution < 1.29 is 9.47 Å². The van der Waals surface area contributed by atoms with Crippen molar-refractivity contribution in [3.05, 3.63) is 29.3 Å². The maximum atomic E-state index is 5.91. The number of ether oxygens (including phenoxy) is 2. The molecule has 1 saturated heterocycles. The molecular weight excluding hydrogens is 250 g/mol. The molecule has 2 fully saturated rings. The zero-order valence-corrected chi connectivity index (χ0v) is 12.7. The van der Waals surface area contributed by atoms with Gasteiger partial charge in [-0.2, -0.15) is 0 Å².